The minimum absolute atomic E-state index is 0.150. The fourth-order valence-electron chi connectivity index (χ4n) is 0.617. The Morgan fingerprint density at radius 1 is 1.33 bits per heavy atom. The van der Waals surface area contributed by atoms with Crippen LogP contribution < -0.4 is 0 Å². The van der Waals surface area contributed by atoms with Crippen LogP contribution in [0.25, 0.3) is 0 Å². The van der Waals surface area contributed by atoms with Gasteiger partial charge in [0.2, 0.25) is 0 Å². The Hall–Kier alpha value is -1.65. The van der Waals surface area contributed by atoms with Crippen molar-refractivity contribution in [2.24, 2.45) is 0 Å². The molecule has 1 heterocycles. The molecule has 0 bridgehead atoms. The molecular weight excluding hydrogens is 176 g/mol. The van der Waals surface area contributed by atoms with E-state index in [0.717, 1.165) is 0 Å². The molecule has 0 unspecified atom stereocenters. The Morgan fingerprint density at radius 2 is 2.00 bits per heavy atom. The van der Waals surface area contributed by atoms with Crippen molar-refractivity contribution in [2.75, 3.05) is 0 Å². The molecule has 0 amide bonds. The molecule has 0 aliphatic rings. The number of hydrogen-bond acceptors (Lipinski definition) is 4. The van der Waals surface area contributed by atoms with Crippen LogP contribution in [0.2, 0.25) is 0 Å². The topological polar surface area (TPSA) is 73.4 Å². The van der Waals surface area contributed by atoms with Crippen molar-refractivity contribution in [3.8, 4) is 12.1 Å². The van der Waals surface area contributed by atoms with Gasteiger partial charge in [0, 0.05) is 12.4 Å². The maximum absolute atomic E-state index is 8.57. The summed E-state index contributed by atoms with van der Waals surface area (Å²) in [6.45, 7) is 0. The summed E-state index contributed by atoms with van der Waals surface area (Å²) in [5.74, 6) is 0. The fourth-order valence-corrected chi connectivity index (χ4v) is 0.714. The van der Waals surface area contributed by atoms with Crippen LogP contribution in [0.3, 0.4) is 0 Å². The van der Waals surface area contributed by atoms with Crippen LogP contribution in [0.1, 0.15) is 5.69 Å². The normalized spacial score (nSPS) is 9.92. The van der Waals surface area contributed by atoms with Crippen LogP contribution in [-0.2, 0) is 4.87 Å². The molecule has 0 aliphatic heterocycles. The van der Waals surface area contributed by atoms with E-state index in [1.807, 2.05) is 0 Å². The zero-order valence-electron chi connectivity index (χ0n) is 5.90. The first-order chi connectivity index (χ1) is 5.73. The Morgan fingerprint density at radius 3 is 2.42 bits per heavy atom. The molecule has 0 saturated heterocycles. The lowest BCUT2D eigenvalue weighted by Gasteiger charge is -2.06. The van der Waals surface area contributed by atoms with Crippen molar-refractivity contribution in [3.05, 3.63) is 24.3 Å². The second kappa shape index (κ2) is 3.17. The van der Waals surface area contributed by atoms with Gasteiger partial charge in [-0.3, -0.25) is 9.97 Å². The molecule has 12 heavy (non-hydrogen) atoms. The van der Waals surface area contributed by atoms with E-state index in [-0.39, 0.29) is 5.69 Å². The zero-order valence-corrected chi connectivity index (χ0v) is 6.65. The highest BCUT2D eigenvalue weighted by Gasteiger charge is 2.31. The van der Waals surface area contributed by atoms with Crippen LogP contribution in [-0.4, -0.2) is 9.97 Å². The van der Waals surface area contributed by atoms with E-state index in [1.165, 1.54) is 18.6 Å². The standard InChI is InChI=1S/C7H3ClN4/c8-7(4-9,5-10)6-3-11-1-2-12-6/h1-3H. The molecule has 0 saturated carbocycles. The minimum Gasteiger partial charge on any atom is -0.261 e. The lowest BCUT2D eigenvalue weighted by Crippen LogP contribution is -2.14. The smallest absolute Gasteiger partial charge is 0.259 e. The predicted octanol–water partition coefficient (Wildman–Crippen LogP) is 0.958. The maximum atomic E-state index is 8.57. The van der Waals surface area contributed by atoms with E-state index in [2.05, 4.69) is 9.97 Å². The number of hydrogen-bond donors (Lipinski definition) is 0. The van der Waals surface area contributed by atoms with Crippen molar-refractivity contribution < 1.29 is 0 Å². The third-order valence-electron chi connectivity index (χ3n) is 1.22. The van der Waals surface area contributed by atoms with Gasteiger partial charge in [0.25, 0.3) is 4.87 Å². The van der Waals surface area contributed by atoms with Crippen molar-refractivity contribution in [3.63, 3.8) is 0 Å². The summed E-state index contributed by atoms with van der Waals surface area (Å²) in [6.07, 6.45) is 4.11. The largest absolute Gasteiger partial charge is 0.261 e. The van der Waals surface area contributed by atoms with Gasteiger partial charge in [-0.1, -0.05) is 11.6 Å². The number of nitriles is 2. The highest BCUT2D eigenvalue weighted by atomic mass is 35.5. The van der Waals surface area contributed by atoms with Crippen molar-refractivity contribution in [1.82, 2.24) is 9.97 Å². The van der Waals surface area contributed by atoms with Crippen LogP contribution >= 0.6 is 11.6 Å². The first kappa shape index (κ1) is 8.45. The number of nitrogens with zero attached hydrogens (tertiary/aromatic N) is 4. The minimum atomic E-state index is -1.71. The lowest BCUT2D eigenvalue weighted by atomic mass is 10.1. The van der Waals surface area contributed by atoms with Gasteiger partial charge in [-0.2, -0.15) is 10.5 Å². The summed E-state index contributed by atoms with van der Waals surface area (Å²) in [5, 5.41) is 17.1. The first-order valence-electron chi connectivity index (χ1n) is 3.01. The Labute approximate surface area is 74.1 Å². The molecule has 1 aromatic heterocycles. The van der Waals surface area contributed by atoms with Crippen LogP contribution in [0.15, 0.2) is 18.6 Å². The molecule has 1 rings (SSSR count). The molecule has 58 valence electrons. The summed E-state index contributed by atoms with van der Waals surface area (Å²) < 4.78 is 0. The molecule has 0 N–H and O–H groups in total. The van der Waals surface area contributed by atoms with Gasteiger partial charge >= 0.3 is 0 Å². The second-order valence-electron chi connectivity index (χ2n) is 1.97. The van der Waals surface area contributed by atoms with Crippen LogP contribution in [0.5, 0.6) is 0 Å². The summed E-state index contributed by atoms with van der Waals surface area (Å²) in [7, 11) is 0. The third-order valence-corrected chi connectivity index (χ3v) is 1.59. The quantitative estimate of drug-likeness (QED) is 0.601. The molecule has 0 aliphatic carbocycles. The van der Waals surface area contributed by atoms with E-state index in [4.69, 9.17) is 22.1 Å². The van der Waals surface area contributed by atoms with Crippen molar-refractivity contribution in [1.29, 1.82) is 10.5 Å². The Bertz CT molecular complexity index is 334. The molecular formula is C7H3ClN4. The van der Waals surface area contributed by atoms with Crippen LogP contribution in [0.4, 0.5) is 0 Å². The zero-order chi connectivity index (χ0) is 9.03. The number of rotatable bonds is 1. The molecule has 0 atom stereocenters. The van der Waals surface area contributed by atoms with E-state index in [9.17, 15) is 0 Å². The van der Waals surface area contributed by atoms with E-state index < -0.39 is 4.87 Å². The second-order valence-corrected chi connectivity index (χ2v) is 2.54. The van der Waals surface area contributed by atoms with Gasteiger partial charge in [0.05, 0.1) is 6.20 Å². The van der Waals surface area contributed by atoms with Gasteiger partial charge < -0.3 is 0 Å². The highest BCUT2D eigenvalue weighted by molar-refractivity contribution is 6.27. The summed E-state index contributed by atoms with van der Waals surface area (Å²) in [5.41, 5.74) is 0.150. The van der Waals surface area contributed by atoms with Gasteiger partial charge in [-0.05, 0) is 0 Å². The number of alkyl halides is 1. The monoisotopic (exact) mass is 178 g/mol. The van der Waals surface area contributed by atoms with Gasteiger partial charge in [0.1, 0.15) is 17.8 Å². The number of halogens is 1. The van der Waals surface area contributed by atoms with Gasteiger partial charge in [-0.15, -0.1) is 0 Å². The Balaban J connectivity index is 3.17. The van der Waals surface area contributed by atoms with Gasteiger partial charge in [-0.25, -0.2) is 0 Å². The predicted molar refractivity (Wildman–Crippen MR) is 40.8 cm³/mol. The average molecular weight is 179 g/mol. The summed E-state index contributed by atoms with van der Waals surface area (Å²) in [6, 6.07) is 3.29. The van der Waals surface area contributed by atoms with Gasteiger partial charge in [0.15, 0.2) is 0 Å². The molecule has 0 fully saturated rings. The van der Waals surface area contributed by atoms with Crippen molar-refractivity contribution >= 4 is 11.6 Å². The summed E-state index contributed by atoms with van der Waals surface area (Å²) >= 11 is 5.61. The first-order valence-corrected chi connectivity index (χ1v) is 3.38. The highest BCUT2D eigenvalue weighted by Crippen LogP contribution is 2.24. The van der Waals surface area contributed by atoms with Crippen molar-refractivity contribution in [2.45, 2.75) is 4.87 Å². The SMILES string of the molecule is N#CC(Cl)(C#N)c1cnccn1. The maximum Gasteiger partial charge on any atom is 0.259 e. The van der Waals surface area contributed by atoms with Crippen LogP contribution in [0, 0.1) is 22.7 Å². The fraction of sp³-hybridized carbons (Fsp3) is 0.143. The molecule has 0 aromatic carbocycles. The molecule has 1 aromatic rings. The molecule has 4 nitrogen and oxygen atoms in total. The third kappa shape index (κ3) is 1.34. The van der Waals surface area contributed by atoms with E-state index in [0.29, 0.717) is 0 Å². The number of aromatic nitrogens is 2. The molecule has 0 spiro atoms. The average Bonchev–Trinajstić information content (AvgIpc) is 2.18. The lowest BCUT2D eigenvalue weighted by molar-refractivity contribution is 0.912. The molecule has 0 radical (unpaired) electrons. The summed E-state index contributed by atoms with van der Waals surface area (Å²) in [4.78, 5) is 5.74. The van der Waals surface area contributed by atoms with E-state index >= 15 is 0 Å². The van der Waals surface area contributed by atoms with E-state index in [1.54, 1.807) is 12.1 Å². The molecule has 5 heteroatoms. The Kier molecular flexibility index (Phi) is 2.23.